The number of hydrogen-bond donors (Lipinski definition) is 1. The lowest BCUT2D eigenvalue weighted by atomic mass is 10.1. The molecule has 2 aromatic carbocycles. The summed E-state index contributed by atoms with van der Waals surface area (Å²) < 4.78 is 17.1. The van der Waals surface area contributed by atoms with Crippen LogP contribution < -0.4 is 15.6 Å². The largest absolute Gasteiger partial charge is 0.493 e. The van der Waals surface area contributed by atoms with Gasteiger partial charge < -0.3 is 19.2 Å². The molecular formula is C24H26N2O4. The van der Waals surface area contributed by atoms with Crippen molar-refractivity contribution in [1.29, 1.82) is 0 Å². The van der Waals surface area contributed by atoms with Gasteiger partial charge in [-0.15, -0.1) is 0 Å². The highest BCUT2D eigenvalue weighted by Gasteiger charge is 2.19. The highest BCUT2D eigenvalue weighted by Crippen LogP contribution is 2.25. The van der Waals surface area contributed by atoms with E-state index >= 15 is 0 Å². The molecule has 1 fully saturated rings. The predicted octanol–water partition coefficient (Wildman–Crippen LogP) is 4.20. The van der Waals surface area contributed by atoms with Crippen molar-refractivity contribution in [2.75, 3.05) is 20.3 Å². The lowest BCUT2D eigenvalue weighted by molar-refractivity contribution is 0.0854. The summed E-state index contributed by atoms with van der Waals surface area (Å²) in [5.74, 6) is 0.358. The average molecular weight is 406 g/mol. The first-order chi connectivity index (χ1) is 14.5. The summed E-state index contributed by atoms with van der Waals surface area (Å²) in [6.07, 6.45) is 2.05. The zero-order chi connectivity index (χ0) is 21.1. The van der Waals surface area contributed by atoms with Gasteiger partial charge >= 0.3 is 0 Å². The summed E-state index contributed by atoms with van der Waals surface area (Å²) in [7, 11) is 1.59. The first-order valence-corrected chi connectivity index (χ1v) is 10.2. The van der Waals surface area contributed by atoms with E-state index < -0.39 is 0 Å². The maximum atomic E-state index is 13.0. The van der Waals surface area contributed by atoms with E-state index in [4.69, 9.17) is 13.9 Å². The molecule has 156 valence electrons. The van der Waals surface area contributed by atoms with Crippen LogP contribution in [0.1, 0.15) is 34.3 Å². The third kappa shape index (κ3) is 4.24. The number of ether oxygens (including phenoxy) is 2. The molecule has 1 atom stereocenters. The minimum atomic E-state index is -0.235. The second-order valence-electron chi connectivity index (χ2n) is 7.57. The van der Waals surface area contributed by atoms with Crippen molar-refractivity contribution in [3.05, 3.63) is 64.7 Å². The highest BCUT2D eigenvalue weighted by atomic mass is 16.5. The number of hydrogen-bond acceptors (Lipinski definition) is 5. The first kappa shape index (κ1) is 20.2. The maximum Gasteiger partial charge on any atom is 0.256 e. The van der Waals surface area contributed by atoms with Gasteiger partial charge in [0.1, 0.15) is 5.56 Å². The van der Waals surface area contributed by atoms with Crippen LogP contribution in [0.2, 0.25) is 0 Å². The Morgan fingerprint density at radius 1 is 1.20 bits per heavy atom. The molecule has 0 spiro atoms. The molecule has 30 heavy (non-hydrogen) atoms. The molecule has 1 amide bonds. The molecule has 6 heteroatoms. The van der Waals surface area contributed by atoms with E-state index in [1.54, 1.807) is 13.2 Å². The molecule has 1 aromatic heterocycles. The third-order valence-corrected chi connectivity index (χ3v) is 5.44. The fourth-order valence-electron chi connectivity index (χ4n) is 3.55. The van der Waals surface area contributed by atoms with Gasteiger partial charge in [0.2, 0.25) is 5.55 Å². The summed E-state index contributed by atoms with van der Waals surface area (Å²) in [5, 5.41) is 3.74. The first-order valence-electron chi connectivity index (χ1n) is 10.2. The van der Waals surface area contributed by atoms with Crippen LogP contribution >= 0.6 is 0 Å². The predicted molar refractivity (Wildman–Crippen MR) is 115 cm³/mol. The van der Waals surface area contributed by atoms with Crippen LogP contribution in [-0.2, 0) is 4.74 Å². The monoisotopic (exact) mass is 406 g/mol. The molecule has 1 aliphatic heterocycles. The Hall–Kier alpha value is -3.12. The van der Waals surface area contributed by atoms with E-state index in [-0.39, 0.29) is 17.6 Å². The van der Waals surface area contributed by atoms with Crippen molar-refractivity contribution in [2.24, 2.45) is 4.99 Å². The van der Waals surface area contributed by atoms with Gasteiger partial charge in [-0.3, -0.25) is 4.79 Å². The summed E-state index contributed by atoms with van der Waals surface area (Å²) >= 11 is 0. The Balaban J connectivity index is 1.79. The van der Waals surface area contributed by atoms with Gasteiger partial charge in [-0.05, 0) is 62.1 Å². The number of para-hydroxylation sites is 1. The Labute approximate surface area is 175 Å². The quantitative estimate of drug-likeness (QED) is 0.689. The van der Waals surface area contributed by atoms with Crippen LogP contribution in [0.3, 0.4) is 0 Å². The van der Waals surface area contributed by atoms with Crippen molar-refractivity contribution in [3.63, 3.8) is 0 Å². The van der Waals surface area contributed by atoms with E-state index in [0.717, 1.165) is 36.1 Å². The smallest absolute Gasteiger partial charge is 0.256 e. The molecule has 1 N–H and O–H groups in total. The summed E-state index contributed by atoms with van der Waals surface area (Å²) in [6, 6.07) is 13.3. The van der Waals surface area contributed by atoms with Gasteiger partial charge in [-0.2, -0.15) is 0 Å². The standard InChI is InChI=1S/C24H26N2O4/c1-15-9-10-18(12-16(15)2)26-24-20(23(27)25-14-19-7-5-11-29-19)13-17-6-4-8-21(28-3)22(17)30-24/h4,6,8-10,12-13,19H,5,7,11,14H2,1-3H3,(H,25,27)/t19-/m1/s1. The van der Waals surface area contributed by atoms with Crippen LogP contribution in [0.15, 0.2) is 51.9 Å². The number of amides is 1. The number of nitrogens with zero attached hydrogens (tertiary/aromatic N) is 1. The molecule has 6 nitrogen and oxygen atoms in total. The van der Waals surface area contributed by atoms with E-state index in [1.165, 1.54) is 5.56 Å². The van der Waals surface area contributed by atoms with E-state index in [0.29, 0.717) is 23.4 Å². The van der Waals surface area contributed by atoms with Crippen molar-refractivity contribution in [2.45, 2.75) is 32.8 Å². The number of methoxy groups -OCH3 is 1. The van der Waals surface area contributed by atoms with Crippen LogP contribution in [0.5, 0.6) is 5.75 Å². The summed E-state index contributed by atoms with van der Waals surface area (Å²) in [4.78, 5) is 17.7. The lowest BCUT2D eigenvalue weighted by Crippen LogP contribution is -2.34. The van der Waals surface area contributed by atoms with Gasteiger partial charge in [-0.25, -0.2) is 4.99 Å². The fraction of sp³-hybridized carbons (Fsp3) is 0.333. The van der Waals surface area contributed by atoms with Gasteiger partial charge in [0.15, 0.2) is 11.3 Å². The molecule has 4 rings (SSSR count). The molecule has 0 aliphatic carbocycles. The number of aryl methyl sites for hydroxylation is 2. The Bertz CT molecular complexity index is 1140. The van der Waals surface area contributed by atoms with Gasteiger partial charge in [-0.1, -0.05) is 18.2 Å². The summed E-state index contributed by atoms with van der Waals surface area (Å²) in [5.41, 5.74) is 4.22. The van der Waals surface area contributed by atoms with Gasteiger partial charge in [0.05, 0.1) is 18.9 Å². The van der Waals surface area contributed by atoms with Crippen LogP contribution in [0, 0.1) is 13.8 Å². The molecule has 0 saturated carbocycles. The lowest BCUT2D eigenvalue weighted by Gasteiger charge is -2.12. The van der Waals surface area contributed by atoms with E-state index in [9.17, 15) is 4.79 Å². The molecular weight excluding hydrogens is 380 g/mol. The number of rotatable bonds is 5. The number of fused-ring (bicyclic) bond motifs is 1. The van der Waals surface area contributed by atoms with Gasteiger partial charge in [0, 0.05) is 18.5 Å². The zero-order valence-electron chi connectivity index (χ0n) is 17.5. The molecule has 1 aliphatic rings. The molecule has 0 radical (unpaired) electrons. The Morgan fingerprint density at radius 3 is 2.80 bits per heavy atom. The molecule has 0 bridgehead atoms. The minimum Gasteiger partial charge on any atom is -0.493 e. The highest BCUT2D eigenvalue weighted by molar-refractivity contribution is 5.97. The second kappa shape index (κ2) is 8.71. The molecule has 1 saturated heterocycles. The molecule has 0 unspecified atom stereocenters. The number of carbonyl (C=O) groups excluding carboxylic acids is 1. The van der Waals surface area contributed by atoms with Crippen LogP contribution in [0.25, 0.3) is 11.0 Å². The van der Waals surface area contributed by atoms with Crippen molar-refractivity contribution in [1.82, 2.24) is 5.32 Å². The van der Waals surface area contributed by atoms with Gasteiger partial charge in [0.25, 0.3) is 5.91 Å². The summed E-state index contributed by atoms with van der Waals surface area (Å²) in [6.45, 7) is 5.30. The zero-order valence-corrected chi connectivity index (χ0v) is 17.5. The topological polar surface area (TPSA) is 73.1 Å². The maximum absolute atomic E-state index is 13.0. The number of nitrogens with one attached hydrogen (secondary N) is 1. The van der Waals surface area contributed by atoms with Crippen molar-refractivity contribution < 1.29 is 18.7 Å². The third-order valence-electron chi connectivity index (χ3n) is 5.44. The SMILES string of the molecule is COc1cccc2cc(C(=O)NC[C@H]3CCCO3)c(=Nc3ccc(C)c(C)c3)oc12. The number of carbonyl (C=O) groups is 1. The molecule has 3 aromatic rings. The second-order valence-corrected chi connectivity index (χ2v) is 7.57. The Kier molecular flexibility index (Phi) is 5.86. The van der Waals surface area contributed by atoms with E-state index in [2.05, 4.69) is 10.3 Å². The number of benzene rings is 2. The fourth-order valence-corrected chi connectivity index (χ4v) is 3.55. The van der Waals surface area contributed by atoms with Crippen LogP contribution in [-0.4, -0.2) is 32.3 Å². The van der Waals surface area contributed by atoms with Crippen molar-refractivity contribution >= 4 is 22.6 Å². The van der Waals surface area contributed by atoms with E-state index in [1.807, 2.05) is 50.2 Å². The average Bonchev–Trinajstić information content (AvgIpc) is 3.27. The molecule has 2 heterocycles. The normalized spacial score (nSPS) is 16.8. The Morgan fingerprint density at radius 2 is 2.07 bits per heavy atom. The van der Waals surface area contributed by atoms with Crippen LogP contribution in [0.4, 0.5) is 5.69 Å². The van der Waals surface area contributed by atoms with Crippen molar-refractivity contribution in [3.8, 4) is 5.75 Å². The minimum absolute atomic E-state index is 0.0616.